The Kier molecular flexibility index (Phi) is 4.92. The van der Waals surface area contributed by atoms with E-state index in [-0.39, 0.29) is 19.1 Å². The van der Waals surface area contributed by atoms with Crippen molar-refractivity contribution in [1.29, 1.82) is 0 Å². The Balaban J connectivity index is 1.91. The van der Waals surface area contributed by atoms with E-state index >= 15 is 0 Å². The van der Waals surface area contributed by atoms with Crippen molar-refractivity contribution >= 4 is 16.8 Å². The monoisotopic (exact) mass is 330 g/mol. The fourth-order valence-electron chi connectivity index (χ4n) is 3.64. The summed E-state index contributed by atoms with van der Waals surface area (Å²) in [6.07, 6.45) is 2.61. The summed E-state index contributed by atoms with van der Waals surface area (Å²) in [4.78, 5) is 17.9. The van der Waals surface area contributed by atoms with E-state index in [0.29, 0.717) is 11.5 Å². The third-order valence-corrected chi connectivity index (χ3v) is 4.89. The molecule has 5 heteroatoms. The molecule has 2 atom stereocenters. The van der Waals surface area contributed by atoms with Crippen LogP contribution in [0.4, 0.5) is 0 Å². The number of aliphatic hydroxyl groups is 1. The number of benzene rings is 1. The highest BCUT2D eigenvalue weighted by Crippen LogP contribution is 2.33. The van der Waals surface area contributed by atoms with Crippen LogP contribution in [0, 0.1) is 5.92 Å². The number of aromatic nitrogens is 1. The molecular formula is C19H26N2O3. The molecule has 1 aliphatic rings. The molecule has 0 spiro atoms. The molecule has 130 valence electrons. The summed E-state index contributed by atoms with van der Waals surface area (Å²) < 4.78 is 4.93. The van der Waals surface area contributed by atoms with E-state index < -0.39 is 6.10 Å². The van der Waals surface area contributed by atoms with E-state index in [2.05, 4.69) is 18.0 Å². The molecule has 1 aliphatic carbocycles. The van der Waals surface area contributed by atoms with Gasteiger partial charge in [0.25, 0.3) is 5.91 Å². The summed E-state index contributed by atoms with van der Waals surface area (Å²) in [5.74, 6) is 0.602. The first-order valence-electron chi connectivity index (χ1n) is 8.56. The normalized spacial score (nSPS) is 18.4. The van der Waals surface area contributed by atoms with Gasteiger partial charge in [-0.1, -0.05) is 19.1 Å². The van der Waals surface area contributed by atoms with Crippen LogP contribution in [-0.4, -0.2) is 54.3 Å². The van der Waals surface area contributed by atoms with Gasteiger partial charge in [-0.2, -0.15) is 0 Å². The summed E-state index contributed by atoms with van der Waals surface area (Å²) in [5, 5.41) is 11.0. The van der Waals surface area contributed by atoms with E-state index in [1.165, 1.54) is 24.8 Å². The molecule has 0 bridgehead atoms. The maximum Gasteiger partial charge on any atom is 0.255 e. The molecule has 1 aromatic carbocycles. The van der Waals surface area contributed by atoms with Gasteiger partial charge in [0.05, 0.1) is 23.8 Å². The zero-order valence-corrected chi connectivity index (χ0v) is 14.6. The van der Waals surface area contributed by atoms with Gasteiger partial charge in [0.2, 0.25) is 0 Å². The lowest BCUT2D eigenvalue weighted by Crippen LogP contribution is -2.36. The molecule has 0 saturated carbocycles. The average Bonchev–Trinajstić information content (AvgIpc) is 2.92. The van der Waals surface area contributed by atoms with Crippen LogP contribution in [0.15, 0.2) is 18.2 Å². The molecule has 0 radical (unpaired) electrons. The summed E-state index contributed by atoms with van der Waals surface area (Å²) in [5.41, 5.74) is 4.22. The number of aryl methyl sites for hydroxylation is 1. The number of fused-ring (bicyclic) bond motifs is 3. The van der Waals surface area contributed by atoms with Crippen molar-refractivity contribution in [3.8, 4) is 0 Å². The number of para-hydroxylation sites is 1. The Morgan fingerprint density at radius 3 is 3.04 bits per heavy atom. The fourth-order valence-corrected chi connectivity index (χ4v) is 3.64. The van der Waals surface area contributed by atoms with Crippen molar-refractivity contribution in [2.45, 2.75) is 32.3 Å². The molecule has 1 amide bonds. The summed E-state index contributed by atoms with van der Waals surface area (Å²) in [6, 6.07) is 5.90. The number of nitrogens with one attached hydrogen (secondary N) is 1. The minimum absolute atomic E-state index is 0.0811. The van der Waals surface area contributed by atoms with Crippen LogP contribution in [-0.2, 0) is 17.6 Å². The largest absolute Gasteiger partial charge is 0.389 e. The number of H-pyrrole nitrogens is 1. The Bertz CT molecular complexity index is 738. The van der Waals surface area contributed by atoms with Crippen LogP contribution < -0.4 is 0 Å². The highest BCUT2D eigenvalue weighted by atomic mass is 16.5. The van der Waals surface area contributed by atoms with Gasteiger partial charge in [-0.3, -0.25) is 4.79 Å². The maximum atomic E-state index is 12.8. The van der Waals surface area contributed by atoms with Gasteiger partial charge in [-0.15, -0.1) is 0 Å². The number of rotatable bonds is 5. The number of aliphatic hydroxyl groups excluding tert-OH is 1. The fraction of sp³-hybridized carbons (Fsp3) is 0.526. The van der Waals surface area contributed by atoms with Crippen LogP contribution in [0.1, 0.15) is 35.0 Å². The standard InChI is InChI=1S/C19H26N2O3/c1-12-7-8-17-16(9-12)14-5-4-6-15(18(14)20-17)19(23)21(2)10-13(22)11-24-3/h4-6,12-13,20,22H,7-11H2,1-3H3. The van der Waals surface area contributed by atoms with E-state index in [1.807, 2.05) is 12.1 Å². The molecule has 0 saturated heterocycles. The second kappa shape index (κ2) is 6.95. The number of aromatic amines is 1. The minimum atomic E-state index is -0.680. The van der Waals surface area contributed by atoms with Crippen molar-refractivity contribution in [3.63, 3.8) is 0 Å². The number of amides is 1. The number of nitrogens with zero attached hydrogens (tertiary/aromatic N) is 1. The van der Waals surface area contributed by atoms with Gasteiger partial charge in [0, 0.05) is 31.8 Å². The highest BCUT2D eigenvalue weighted by molar-refractivity contribution is 6.06. The second-order valence-electron chi connectivity index (χ2n) is 6.95. The maximum absolute atomic E-state index is 12.8. The van der Waals surface area contributed by atoms with Gasteiger partial charge >= 0.3 is 0 Å². The Morgan fingerprint density at radius 1 is 1.50 bits per heavy atom. The van der Waals surface area contributed by atoms with Crippen LogP contribution in [0.5, 0.6) is 0 Å². The van der Waals surface area contributed by atoms with Gasteiger partial charge in [-0.05, 0) is 36.8 Å². The number of hydrogen-bond donors (Lipinski definition) is 2. The first-order chi connectivity index (χ1) is 11.5. The van der Waals surface area contributed by atoms with Crippen LogP contribution in [0.3, 0.4) is 0 Å². The molecule has 1 aromatic heterocycles. The average molecular weight is 330 g/mol. The van der Waals surface area contributed by atoms with E-state index in [9.17, 15) is 9.90 Å². The van der Waals surface area contributed by atoms with Crippen LogP contribution in [0.2, 0.25) is 0 Å². The van der Waals surface area contributed by atoms with Gasteiger partial charge in [0.1, 0.15) is 0 Å². The van der Waals surface area contributed by atoms with Gasteiger partial charge in [-0.25, -0.2) is 0 Å². The van der Waals surface area contributed by atoms with Crippen molar-refractivity contribution in [1.82, 2.24) is 9.88 Å². The molecule has 0 aliphatic heterocycles. The SMILES string of the molecule is COCC(O)CN(C)C(=O)c1cccc2c3c([nH]c12)CCC(C)C3. The second-order valence-corrected chi connectivity index (χ2v) is 6.95. The van der Waals surface area contributed by atoms with E-state index in [0.717, 1.165) is 23.7 Å². The van der Waals surface area contributed by atoms with Crippen molar-refractivity contribution in [2.75, 3.05) is 27.3 Å². The molecule has 1 heterocycles. The van der Waals surface area contributed by atoms with Crippen molar-refractivity contribution in [2.24, 2.45) is 5.92 Å². The predicted octanol–water partition coefficient (Wildman–Crippen LogP) is 2.37. The third kappa shape index (κ3) is 3.19. The van der Waals surface area contributed by atoms with Gasteiger partial charge in [0.15, 0.2) is 0 Å². The van der Waals surface area contributed by atoms with E-state index in [1.54, 1.807) is 11.9 Å². The Morgan fingerprint density at radius 2 is 2.29 bits per heavy atom. The number of ether oxygens (including phenoxy) is 1. The third-order valence-electron chi connectivity index (χ3n) is 4.89. The summed E-state index contributed by atoms with van der Waals surface area (Å²) in [7, 11) is 3.25. The number of methoxy groups -OCH3 is 1. The molecule has 0 fully saturated rings. The molecule has 2 N–H and O–H groups in total. The van der Waals surface area contributed by atoms with Crippen molar-refractivity contribution in [3.05, 3.63) is 35.0 Å². The molecule has 5 nitrogen and oxygen atoms in total. The molecule has 2 unspecified atom stereocenters. The van der Waals surface area contributed by atoms with Crippen LogP contribution >= 0.6 is 0 Å². The molecule has 24 heavy (non-hydrogen) atoms. The van der Waals surface area contributed by atoms with Gasteiger partial charge < -0.3 is 19.7 Å². The Hall–Kier alpha value is -1.85. The minimum Gasteiger partial charge on any atom is -0.389 e. The molecule has 3 rings (SSSR count). The summed E-state index contributed by atoms with van der Waals surface area (Å²) in [6.45, 7) is 2.75. The van der Waals surface area contributed by atoms with Crippen molar-refractivity contribution < 1.29 is 14.6 Å². The highest BCUT2D eigenvalue weighted by Gasteiger charge is 2.23. The number of hydrogen-bond acceptors (Lipinski definition) is 3. The summed E-state index contributed by atoms with van der Waals surface area (Å²) >= 11 is 0. The molecule has 2 aromatic rings. The lowest BCUT2D eigenvalue weighted by molar-refractivity contribution is 0.0381. The van der Waals surface area contributed by atoms with E-state index in [4.69, 9.17) is 4.74 Å². The Labute approximate surface area is 142 Å². The number of likely N-dealkylation sites (N-methyl/N-ethyl adjacent to an activating group) is 1. The lowest BCUT2D eigenvalue weighted by Gasteiger charge is -2.20. The first kappa shape index (κ1) is 17.0. The smallest absolute Gasteiger partial charge is 0.255 e. The molecular weight excluding hydrogens is 304 g/mol. The zero-order valence-electron chi connectivity index (χ0n) is 14.6. The quantitative estimate of drug-likeness (QED) is 0.884. The topological polar surface area (TPSA) is 65.6 Å². The van der Waals surface area contributed by atoms with Crippen LogP contribution in [0.25, 0.3) is 10.9 Å². The number of carbonyl (C=O) groups excluding carboxylic acids is 1. The lowest BCUT2D eigenvalue weighted by atomic mass is 9.87. The predicted molar refractivity (Wildman–Crippen MR) is 94.3 cm³/mol. The number of carbonyl (C=O) groups is 1. The first-order valence-corrected chi connectivity index (χ1v) is 8.56. The zero-order chi connectivity index (χ0) is 17.3.